The monoisotopic (exact) mass is 773 g/mol. The fraction of sp³-hybridized carbons (Fsp3) is 0.800. The van der Waals surface area contributed by atoms with E-state index < -0.39 is 38.4 Å². The molecular weight excluding hydrogens is 699 g/mol. The van der Waals surface area contributed by atoms with Gasteiger partial charge in [-0.1, -0.05) is 116 Å². The summed E-state index contributed by atoms with van der Waals surface area (Å²) in [6, 6.07) is 0. The van der Waals surface area contributed by atoms with Crippen LogP contribution in [0.25, 0.3) is 0 Å². The second kappa shape index (κ2) is 36.4. The van der Waals surface area contributed by atoms with Crippen LogP contribution >= 0.6 is 7.82 Å². The van der Waals surface area contributed by atoms with E-state index in [9.17, 15) is 28.6 Å². The zero-order valence-electron chi connectivity index (χ0n) is 33.3. The number of ether oxygens (including phenoxy) is 2. The molecule has 0 heterocycles. The Hall–Kier alpha value is -2.53. The summed E-state index contributed by atoms with van der Waals surface area (Å²) in [6.45, 7) is 5.73. The Morgan fingerprint density at radius 1 is 0.585 bits per heavy atom. The molecule has 0 spiro atoms. The average molecular weight is 773 g/mol. The molecule has 13 heteroatoms. The first kappa shape index (κ1) is 50.5. The van der Waals surface area contributed by atoms with Crippen molar-refractivity contribution in [3.63, 3.8) is 0 Å². The number of allylic oxidation sites excluding steroid dienone is 4. The molecule has 0 aromatic carbocycles. The number of phosphoric acid groups is 1. The first-order valence-electron chi connectivity index (χ1n) is 20.4. The van der Waals surface area contributed by atoms with Crippen LogP contribution in [0.3, 0.4) is 0 Å². The number of hydrogen-bond donors (Lipinski definition) is 3. The lowest BCUT2D eigenvalue weighted by atomic mass is 10.1. The normalized spacial score (nSPS) is 13.2. The fourth-order valence-electron chi connectivity index (χ4n) is 5.15. The van der Waals surface area contributed by atoms with Crippen LogP contribution < -0.4 is 10.6 Å². The highest BCUT2D eigenvalue weighted by atomic mass is 31.2. The van der Waals surface area contributed by atoms with E-state index in [4.69, 9.17) is 18.5 Å². The standard InChI is InChI=1S/C40H73N2O10P/c1-4-7-10-12-13-14-15-16-17-18-19-20-21-23-25-28-40(46)52-36(34-49-39(45)27-24-22-11-8-5-2)35-51-53(47,48)50-33-32-42-38(44)30-29-37(43)41-31-26-9-6-3/h13-14,16-17,36H,4-12,15,18-35H2,1-3H3,(H,41,43)(H,42,44)(H,47,48)/b14-13-,17-16-/t36-/m1/s1. The van der Waals surface area contributed by atoms with Crippen molar-refractivity contribution in [3.05, 3.63) is 24.3 Å². The fourth-order valence-corrected chi connectivity index (χ4v) is 5.90. The van der Waals surface area contributed by atoms with Gasteiger partial charge in [0.2, 0.25) is 11.8 Å². The van der Waals surface area contributed by atoms with Gasteiger partial charge in [0.15, 0.2) is 6.10 Å². The molecule has 1 unspecified atom stereocenters. The van der Waals surface area contributed by atoms with Gasteiger partial charge in [-0.15, -0.1) is 0 Å². The maximum Gasteiger partial charge on any atom is 0.472 e. The first-order chi connectivity index (χ1) is 25.6. The summed E-state index contributed by atoms with van der Waals surface area (Å²) in [5.74, 6) is -1.55. The Bertz CT molecular complexity index is 1050. The molecule has 53 heavy (non-hydrogen) atoms. The third-order valence-electron chi connectivity index (χ3n) is 8.33. The molecule has 0 saturated heterocycles. The summed E-state index contributed by atoms with van der Waals surface area (Å²) >= 11 is 0. The molecule has 0 aliphatic heterocycles. The van der Waals surface area contributed by atoms with Crippen molar-refractivity contribution in [2.45, 2.75) is 175 Å². The minimum atomic E-state index is -4.58. The zero-order valence-corrected chi connectivity index (χ0v) is 34.1. The summed E-state index contributed by atoms with van der Waals surface area (Å²) in [4.78, 5) is 58.9. The number of hydrogen-bond acceptors (Lipinski definition) is 9. The van der Waals surface area contributed by atoms with Crippen molar-refractivity contribution in [1.29, 1.82) is 0 Å². The molecule has 12 nitrogen and oxygen atoms in total. The number of carbonyl (C=O) groups excluding carboxylic acids is 4. The minimum absolute atomic E-state index is 0.0213. The van der Waals surface area contributed by atoms with Crippen LogP contribution in [0.5, 0.6) is 0 Å². The van der Waals surface area contributed by atoms with Crippen molar-refractivity contribution in [2.75, 3.05) is 32.9 Å². The highest BCUT2D eigenvalue weighted by Gasteiger charge is 2.26. The Morgan fingerprint density at radius 2 is 1.09 bits per heavy atom. The number of esters is 2. The molecule has 0 radical (unpaired) electrons. The molecule has 2 atom stereocenters. The van der Waals surface area contributed by atoms with Crippen LogP contribution in [0.15, 0.2) is 24.3 Å². The van der Waals surface area contributed by atoms with E-state index in [0.717, 1.165) is 89.9 Å². The van der Waals surface area contributed by atoms with E-state index in [-0.39, 0.29) is 51.3 Å². The van der Waals surface area contributed by atoms with Crippen molar-refractivity contribution < 1.29 is 47.2 Å². The number of rotatable bonds is 37. The Morgan fingerprint density at radius 3 is 1.74 bits per heavy atom. The van der Waals surface area contributed by atoms with Crippen LogP contribution in [0, 0.1) is 0 Å². The average Bonchev–Trinajstić information content (AvgIpc) is 3.13. The summed E-state index contributed by atoms with van der Waals surface area (Å²) in [5.41, 5.74) is 0. The maximum atomic E-state index is 12.6. The largest absolute Gasteiger partial charge is 0.472 e. The Balaban J connectivity index is 4.54. The number of phosphoric ester groups is 1. The van der Waals surface area contributed by atoms with Crippen molar-refractivity contribution in [2.24, 2.45) is 0 Å². The summed E-state index contributed by atoms with van der Waals surface area (Å²) < 4.78 is 33.3. The Labute approximate surface area is 320 Å². The van der Waals surface area contributed by atoms with Crippen molar-refractivity contribution >= 4 is 31.6 Å². The lowest BCUT2D eigenvalue weighted by Gasteiger charge is -2.20. The molecule has 0 aliphatic rings. The number of carbonyl (C=O) groups is 4. The topological polar surface area (TPSA) is 167 Å². The molecule has 0 aromatic heterocycles. The Kier molecular flexibility index (Phi) is 34.7. The number of amides is 2. The summed E-state index contributed by atoms with van der Waals surface area (Å²) in [6.07, 6.45) is 27.7. The number of unbranched alkanes of at least 4 members (excludes halogenated alkanes) is 14. The smallest absolute Gasteiger partial charge is 0.462 e. The highest BCUT2D eigenvalue weighted by molar-refractivity contribution is 7.47. The van der Waals surface area contributed by atoms with Gasteiger partial charge < -0.3 is 25.0 Å². The predicted molar refractivity (Wildman–Crippen MR) is 210 cm³/mol. The lowest BCUT2D eigenvalue weighted by Crippen LogP contribution is -2.30. The van der Waals surface area contributed by atoms with Gasteiger partial charge in [-0.25, -0.2) is 4.57 Å². The molecule has 308 valence electrons. The minimum Gasteiger partial charge on any atom is -0.462 e. The molecular formula is C40H73N2O10P. The van der Waals surface area contributed by atoms with E-state index in [2.05, 4.69) is 55.7 Å². The van der Waals surface area contributed by atoms with E-state index in [1.54, 1.807) is 0 Å². The van der Waals surface area contributed by atoms with E-state index in [1.165, 1.54) is 19.3 Å². The maximum absolute atomic E-state index is 12.6. The van der Waals surface area contributed by atoms with E-state index in [1.807, 2.05) is 0 Å². The third kappa shape index (κ3) is 36.2. The molecule has 3 N–H and O–H groups in total. The van der Waals surface area contributed by atoms with Gasteiger partial charge in [0.05, 0.1) is 13.2 Å². The number of nitrogens with one attached hydrogen (secondary N) is 2. The zero-order chi connectivity index (χ0) is 39.3. The van der Waals surface area contributed by atoms with Gasteiger partial charge in [0.1, 0.15) is 6.61 Å². The van der Waals surface area contributed by atoms with Gasteiger partial charge in [-0.3, -0.25) is 28.2 Å². The van der Waals surface area contributed by atoms with Crippen molar-refractivity contribution in [3.8, 4) is 0 Å². The molecule has 2 amide bonds. The molecule has 0 rings (SSSR count). The molecule has 0 aromatic rings. The van der Waals surface area contributed by atoms with Crippen LogP contribution in [-0.2, 0) is 42.3 Å². The summed E-state index contributed by atoms with van der Waals surface area (Å²) in [7, 11) is -4.58. The molecule has 0 saturated carbocycles. The van der Waals surface area contributed by atoms with Crippen LogP contribution in [-0.4, -0.2) is 67.7 Å². The summed E-state index contributed by atoms with van der Waals surface area (Å²) in [5, 5.41) is 5.29. The van der Waals surface area contributed by atoms with Crippen LogP contribution in [0.1, 0.15) is 168 Å². The first-order valence-corrected chi connectivity index (χ1v) is 21.9. The van der Waals surface area contributed by atoms with Gasteiger partial charge in [-0.2, -0.15) is 0 Å². The van der Waals surface area contributed by atoms with E-state index in [0.29, 0.717) is 19.4 Å². The SMILES string of the molecule is CCCCC/C=C\C/C=C\CCCCCCCC(=O)O[C@H](COC(=O)CCCCCCC)COP(=O)(O)OCCNC(=O)CCC(=O)NCCCCC. The predicted octanol–water partition coefficient (Wildman–Crippen LogP) is 8.95. The second-order valence-electron chi connectivity index (χ2n) is 13.4. The van der Waals surface area contributed by atoms with Crippen LogP contribution in [0.2, 0.25) is 0 Å². The van der Waals surface area contributed by atoms with E-state index >= 15 is 0 Å². The molecule has 0 aliphatic carbocycles. The second-order valence-corrected chi connectivity index (χ2v) is 14.9. The molecule has 0 fully saturated rings. The lowest BCUT2D eigenvalue weighted by molar-refractivity contribution is -0.161. The third-order valence-corrected chi connectivity index (χ3v) is 9.31. The highest BCUT2D eigenvalue weighted by Crippen LogP contribution is 2.43. The van der Waals surface area contributed by atoms with Crippen molar-refractivity contribution in [1.82, 2.24) is 10.6 Å². The van der Waals surface area contributed by atoms with Crippen LogP contribution in [0.4, 0.5) is 0 Å². The quantitative estimate of drug-likeness (QED) is 0.0240. The van der Waals surface area contributed by atoms with Gasteiger partial charge in [0, 0.05) is 38.8 Å². The van der Waals surface area contributed by atoms with Gasteiger partial charge in [0.25, 0.3) is 0 Å². The molecule has 0 bridgehead atoms. The van der Waals surface area contributed by atoms with Gasteiger partial charge in [-0.05, 0) is 51.4 Å². The van der Waals surface area contributed by atoms with Gasteiger partial charge >= 0.3 is 19.8 Å².